The number of carbonyl (C=O) groups is 2. The highest BCUT2D eigenvalue weighted by Crippen LogP contribution is 2.24. The summed E-state index contributed by atoms with van der Waals surface area (Å²) in [7, 11) is -3.49. The molecule has 0 spiro atoms. The highest BCUT2D eigenvalue weighted by molar-refractivity contribution is 7.92. The van der Waals surface area contributed by atoms with E-state index in [4.69, 9.17) is 0 Å². The Morgan fingerprint density at radius 2 is 1.72 bits per heavy atom. The van der Waals surface area contributed by atoms with Gasteiger partial charge in [0.15, 0.2) is 5.78 Å². The number of amides is 1. The summed E-state index contributed by atoms with van der Waals surface area (Å²) in [6.45, 7) is 2.68. The molecule has 6 nitrogen and oxygen atoms in total. The molecule has 2 N–H and O–H groups in total. The smallest absolute Gasteiger partial charge is 0.229 e. The van der Waals surface area contributed by atoms with Gasteiger partial charge in [-0.1, -0.05) is 0 Å². The predicted molar refractivity (Wildman–Crippen MR) is 69.2 cm³/mol. The summed E-state index contributed by atoms with van der Waals surface area (Å²) in [6, 6.07) is 4.38. The maximum Gasteiger partial charge on any atom is 0.229 e. The number of hydrogen-bond acceptors (Lipinski definition) is 4. The van der Waals surface area contributed by atoms with Crippen molar-refractivity contribution < 1.29 is 18.0 Å². The molecule has 98 valence electrons. The summed E-state index contributed by atoms with van der Waals surface area (Å²) in [5.74, 6) is -0.525. The van der Waals surface area contributed by atoms with Gasteiger partial charge in [-0.05, 0) is 25.1 Å². The predicted octanol–water partition coefficient (Wildman–Crippen LogP) is 1.22. The van der Waals surface area contributed by atoms with Gasteiger partial charge in [-0.2, -0.15) is 0 Å². The first kappa shape index (κ1) is 14.2. The van der Waals surface area contributed by atoms with Crippen molar-refractivity contribution in [1.29, 1.82) is 0 Å². The maximum atomic E-state index is 11.2. The van der Waals surface area contributed by atoms with Crippen molar-refractivity contribution in [1.82, 2.24) is 0 Å². The van der Waals surface area contributed by atoms with E-state index in [1.807, 2.05) is 0 Å². The van der Waals surface area contributed by atoms with Crippen LogP contribution in [0.5, 0.6) is 0 Å². The Morgan fingerprint density at radius 1 is 1.11 bits per heavy atom. The number of benzene rings is 1. The second-order valence-electron chi connectivity index (χ2n) is 3.87. The molecular weight excluding hydrogens is 256 g/mol. The van der Waals surface area contributed by atoms with Crippen molar-refractivity contribution in [3.05, 3.63) is 23.8 Å². The fraction of sp³-hybridized carbons (Fsp3) is 0.273. The third kappa shape index (κ3) is 4.17. The van der Waals surface area contributed by atoms with Crippen LogP contribution in [-0.4, -0.2) is 26.4 Å². The quantitative estimate of drug-likeness (QED) is 0.804. The lowest BCUT2D eigenvalue weighted by Crippen LogP contribution is -2.14. The molecule has 1 amide bonds. The molecular formula is C11H14N2O4S. The summed E-state index contributed by atoms with van der Waals surface area (Å²) < 4.78 is 24.7. The highest BCUT2D eigenvalue weighted by Gasteiger charge is 2.11. The van der Waals surface area contributed by atoms with E-state index in [1.54, 1.807) is 0 Å². The van der Waals surface area contributed by atoms with Gasteiger partial charge in [0, 0.05) is 12.5 Å². The minimum absolute atomic E-state index is 0.167. The van der Waals surface area contributed by atoms with Crippen LogP contribution < -0.4 is 10.0 Å². The molecule has 0 aliphatic heterocycles. The lowest BCUT2D eigenvalue weighted by atomic mass is 10.1. The minimum atomic E-state index is -3.49. The Morgan fingerprint density at radius 3 is 2.17 bits per heavy atom. The molecule has 0 aromatic heterocycles. The Bertz CT molecular complexity index is 593. The number of ketones is 1. The number of anilines is 2. The second-order valence-corrected chi connectivity index (χ2v) is 5.62. The standard InChI is InChI=1S/C11H14N2O4S/c1-7(14)9-4-5-10(12-8(2)15)11(6-9)13-18(3,16)17/h4-6,13H,1-3H3,(H,12,15). The first-order valence-electron chi connectivity index (χ1n) is 5.09. The molecule has 1 aromatic rings. The van der Waals surface area contributed by atoms with Crippen LogP contribution in [0, 0.1) is 0 Å². The average molecular weight is 270 g/mol. The van der Waals surface area contributed by atoms with E-state index in [0.717, 1.165) is 6.26 Å². The topological polar surface area (TPSA) is 92.3 Å². The average Bonchev–Trinajstić information content (AvgIpc) is 2.17. The highest BCUT2D eigenvalue weighted by atomic mass is 32.2. The lowest BCUT2D eigenvalue weighted by molar-refractivity contribution is -0.114. The van der Waals surface area contributed by atoms with Crippen LogP contribution in [0.3, 0.4) is 0 Å². The molecule has 0 heterocycles. The van der Waals surface area contributed by atoms with Crippen molar-refractivity contribution in [2.24, 2.45) is 0 Å². The molecule has 0 unspecified atom stereocenters. The van der Waals surface area contributed by atoms with Crippen molar-refractivity contribution in [3.63, 3.8) is 0 Å². The third-order valence-corrected chi connectivity index (χ3v) is 2.62. The summed E-state index contributed by atoms with van der Waals surface area (Å²) in [4.78, 5) is 22.2. The van der Waals surface area contributed by atoms with E-state index in [9.17, 15) is 18.0 Å². The van der Waals surface area contributed by atoms with Gasteiger partial charge in [0.2, 0.25) is 15.9 Å². The number of rotatable bonds is 4. The van der Waals surface area contributed by atoms with Crippen LogP contribution in [0.25, 0.3) is 0 Å². The van der Waals surface area contributed by atoms with E-state index in [-0.39, 0.29) is 17.4 Å². The summed E-state index contributed by atoms with van der Waals surface area (Å²) >= 11 is 0. The van der Waals surface area contributed by atoms with Gasteiger partial charge >= 0.3 is 0 Å². The van der Waals surface area contributed by atoms with Crippen LogP contribution in [0.1, 0.15) is 24.2 Å². The lowest BCUT2D eigenvalue weighted by Gasteiger charge is -2.12. The zero-order chi connectivity index (χ0) is 13.9. The summed E-state index contributed by atoms with van der Waals surface area (Å²) in [6.07, 6.45) is 0.991. The van der Waals surface area contributed by atoms with E-state index in [2.05, 4.69) is 10.0 Å². The van der Waals surface area contributed by atoms with Gasteiger partial charge in [0.25, 0.3) is 0 Å². The number of Topliss-reactive ketones (excluding diaryl/α,β-unsaturated/α-hetero) is 1. The molecule has 0 aliphatic carbocycles. The first-order chi connectivity index (χ1) is 8.19. The first-order valence-corrected chi connectivity index (χ1v) is 6.98. The summed E-state index contributed by atoms with van der Waals surface area (Å²) in [5, 5.41) is 2.48. The van der Waals surface area contributed by atoms with Crippen LogP contribution in [-0.2, 0) is 14.8 Å². The number of carbonyl (C=O) groups excluding carboxylic acids is 2. The molecule has 7 heteroatoms. The molecule has 0 fully saturated rings. The van der Waals surface area contributed by atoms with Crippen LogP contribution in [0.4, 0.5) is 11.4 Å². The number of sulfonamides is 1. The second kappa shape index (κ2) is 5.18. The monoisotopic (exact) mass is 270 g/mol. The zero-order valence-electron chi connectivity index (χ0n) is 10.3. The SMILES string of the molecule is CC(=O)Nc1ccc(C(C)=O)cc1NS(C)(=O)=O. The van der Waals surface area contributed by atoms with E-state index in [0.29, 0.717) is 11.3 Å². The van der Waals surface area contributed by atoms with Gasteiger partial charge in [0.1, 0.15) is 0 Å². The van der Waals surface area contributed by atoms with Crippen LogP contribution in [0.15, 0.2) is 18.2 Å². The third-order valence-electron chi connectivity index (χ3n) is 2.03. The minimum Gasteiger partial charge on any atom is -0.325 e. The normalized spacial score (nSPS) is 10.8. The molecule has 0 saturated heterocycles. The van der Waals surface area contributed by atoms with Gasteiger partial charge in [-0.25, -0.2) is 8.42 Å². The van der Waals surface area contributed by atoms with Crippen LogP contribution >= 0.6 is 0 Å². The summed E-state index contributed by atoms with van der Waals surface area (Å²) in [5.41, 5.74) is 0.827. The Kier molecular flexibility index (Phi) is 4.07. The Balaban J connectivity index is 3.25. The molecule has 0 atom stereocenters. The largest absolute Gasteiger partial charge is 0.325 e. The molecule has 0 saturated carbocycles. The van der Waals surface area contributed by atoms with Crippen molar-refractivity contribution in [3.8, 4) is 0 Å². The maximum absolute atomic E-state index is 11.2. The van der Waals surface area contributed by atoms with Gasteiger partial charge in [-0.3, -0.25) is 14.3 Å². The number of nitrogens with one attached hydrogen (secondary N) is 2. The molecule has 18 heavy (non-hydrogen) atoms. The Hall–Kier alpha value is -1.89. The van der Waals surface area contributed by atoms with E-state index in [1.165, 1.54) is 32.0 Å². The molecule has 1 aromatic carbocycles. The molecule has 0 aliphatic rings. The molecule has 0 radical (unpaired) electrons. The fourth-order valence-electron chi connectivity index (χ4n) is 1.35. The van der Waals surface area contributed by atoms with Gasteiger partial charge in [-0.15, -0.1) is 0 Å². The van der Waals surface area contributed by atoms with E-state index >= 15 is 0 Å². The fourth-order valence-corrected chi connectivity index (χ4v) is 1.91. The van der Waals surface area contributed by atoms with Crippen molar-refractivity contribution >= 4 is 33.1 Å². The number of hydrogen-bond donors (Lipinski definition) is 2. The van der Waals surface area contributed by atoms with E-state index < -0.39 is 10.0 Å². The van der Waals surface area contributed by atoms with Gasteiger partial charge in [0.05, 0.1) is 17.6 Å². The van der Waals surface area contributed by atoms with Crippen LogP contribution in [0.2, 0.25) is 0 Å². The zero-order valence-corrected chi connectivity index (χ0v) is 11.1. The van der Waals surface area contributed by atoms with Gasteiger partial charge < -0.3 is 5.32 Å². The Labute approximate surface area is 105 Å². The molecule has 1 rings (SSSR count). The molecule has 0 bridgehead atoms. The van der Waals surface area contributed by atoms with Crippen molar-refractivity contribution in [2.45, 2.75) is 13.8 Å². The van der Waals surface area contributed by atoms with Crippen molar-refractivity contribution in [2.75, 3.05) is 16.3 Å².